The van der Waals surface area contributed by atoms with Crippen LogP contribution in [0.15, 0.2) is 48.8 Å². The largest absolute Gasteiger partial charge is 0.387 e. The van der Waals surface area contributed by atoms with E-state index in [1.54, 1.807) is 18.3 Å². The second-order valence-corrected chi connectivity index (χ2v) is 8.41. The molecule has 1 aliphatic rings. The molecular weight excluding hydrogens is 434 g/mol. The number of aldehydes is 1. The Hall–Kier alpha value is -3.19. The second-order valence-electron chi connectivity index (χ2n) is 8.41. The smallest absolute Gasteiger partial charge is 0.168 e. The monoisotopic (exact) mass is 466 g/mol. The number of carbonyl (C=O) groups is 1. The standard InChI is InChI=1S/C25H26F2N4O.C2H6/c1-29-23-13-30-8-7-20(23)17-10-15(11-18(28)12-17)9-16-3-2-4-21(26)24(16)25-22(27)6-5-19(14-32)31-25;1-2/h2-8,13-15,17-18,29H,9-12,28H2,1H3;1-2H3/t15-,17?,18?;/m0./s1. The molecule has 2 heterocycles. The Morgan fingerprint density at radius 2 is 1.88 bits per heavy atom. The zero-order valence-electron chi connectivity index (χ0n) is 19.9. The molecule has 34 heavy (non-hydrogen) atoms. The lowest BCUT2D eigenvalue weighted by molar-refractivity contribution is 0.111. The lowest BCUT2D eigenvalue weighted by Crippen LogP contribution is -2.33. The van der Waals surface area contributed by atoms with Crippen molar-refractivity contribution in [3.05, 3.63) is 77.2 Å². The second kappa shape index (κ2) is 11.8. The summed E-state index contributed by atoms with van der Waals surface area (Å²) in [4.78, 5) is 19.4. The van der Waals surface area contributed by atoms with E-state index in [1.807, 2.05) is 33.2 Å². The summed E-state index contributed by atoms with van der Waals surface area (Å²) in [6.45, 7) is 4.00. The fraction of sp³-hybridized carbons (Fsp3) is 0.370. The van der Waals surface area contributed by atoms with Crippen molar-refractivity contribution in [2.45, 2.75) is 51.5 Å². The molecule has 3 atom stereocenters. The first kappa shape index (κ1) is 25.4. The van der Waals surface area contributed by atoms with Gasteiger partial charge in [-0.2, -0.15) is 0 Å². The molecule has 1 aromatic carbocycles. The summed E-state index contributed by atoms with van der Waals surface area (Å²) < 4.78 is 29.5. The lowest BCUT2D eigenvalue weighted by atomic mass is 9.73. The number of rotatable bonds is 6. The molecule has 0 aliphatic heterocycles. The van der Waals surface area contributed by atoms with Gasteiger partial charge in [0.1, 0.15) is 23.0 Å². The maximum atomic E-state index is 14.9. The quantitative estimate of drug-likeness (QED) is 0.452. The minimum absolute atomic E-state index is 0.0156. The summed E-state index contributed by atoms with van der Waals surface area (Å²) in [5.74, 6) is -0.769. The number of aromatic nitrogens is 2. The summed E-state index contributed by atoms with van der Waals surface area (Å²) in [5.41, 5.74) is 9.28. The lowest BCUT2D eigenvalue weighted by Gasteiger charge is -2.34. The van der Waals surface area contributed by atoms with Crippen LogP contribution in [0.4, 0.5) is 14.5 Å². The summed E-state index contributed by atoms with van der Waals surface area (Å²) in [5, 5.41) is 3.20. The highest BCUT2D eigenvalue weighted by Gasteiger charge is 2.30. The van der Waals surface area contributed by atoms with Crippen LogP contribution in [-0.4, -0.2) is 29.3 Å². The molecule has 7 heteroatoms. The fourth-order valence-electron chi connectivity index (χ4n) is 4.89. The van der Waals surface area contributed by atoms with Gasteiger partial charge >= 0.3 is 0 Å². The molecule has 0 amide bonds. The van der Waals surface area contributed by atoms with Crippen LogP contribution in [0.5, 0.6) is 0 Å². The predicted octanol–water partition coefficient (Wildman–Crippen LogP) is 5.76. The van der Waals surface area contributed by atoms with Crippen molar-refractivity contribution < 1.29 is 13.6 Å². The first-order valence-electron chi connectivity index (χ1n) is 11.8. The molecule has 3 aromatic rings. The number of benzene rings is 1. The number of hydrogen-bond acceptors (Lipinski definition) is 5. The van der Waals surface area contributed by atoms with Crippen LogP contribution in [0.25, 0.3) is 11.3 Å². The van der Waals surface area contributed by atoms with Gasteiger partial charge in [0.05, 0.1) is 11.9 Å². The van der Waals surface area contributed by atoms with Gasteiger partial charge < -0.3 is 11.1 Å². The third-order valence-corrected chi connectivity index (χ3v) is 6.24. The van der Waals surface area contributed by atoms with Crippen molar-refractivity contribution in [1.82, 2.24) is 9.97 Å². The molecule has 0 saturated heterocycles. The highest BCUT2D eigenvalue weighted by atomic mass is 19.1. The molecule has 3 N–H and O–H groups in total. The molecule has 2 unspecified atom stereocenters. The van der Waals surface area contributed by atoms with Crippen LogP contribution >= 0.6 is 0 Å². The first-order valence-corrected chi connectivity index (χ1v) is 11.8. The topological polar surface area (TPSA) is 80.9 Å². The van der Waals surface area contributed by atoms with Crippen LogP contribution < -0.4 is 11.1 Å². The van der Waals surface area contributed by atoms with Gasteiger partial charge in [-0.15, -0.1) is 0 Å². The Labute approximate surface area is 199 Å². The van der Waals surface area contributed by atoms with Gasteiger partial charge in [-0.1, -0.05) is 26.0 Å². The Morgan fingerprint density at radius 3 is 2.62 bits per heavy atom. The van der Waals surface area contributed by atoms with Crippen LogP contribution in [0.1, 0.15) is 60.6 Å². The molecule has 5 nitrogen and oxygen atoms in total. The van der Waals surface area contributed by atoms with Gasteiger partial charge in [-0.05, 0) is 72.9 Å². The van der Waals surface area contributed by atoms with Crippen LogP contribution in [0.2, 0.25) is 0 Å². The maximum absolute atomic E-state index is 14.9. The number of anilines is 1. The third kappa shape index (κ3) is 5.65. The number of nitrogens with zero attached hydrogens (tertiary/aromatic N) is 2. The molecule has 1 fully saturated rings. The van der Waals surface area contributed by atoms with E-state index >= 15 is 0 Å². The Bertz CT molecular complexity index is 1120. The molecule has 180 valence electrons. The molecule has 0 bridgehead atoms. The van der Waals surface area contributed by atoms with Crippen molar-refractivity contribution in [1.29, 1.82) is 0 Å². The zero-order chi connectivity index (χ0) is 24.7. The molecule has 0 spiro atoms. The van der Waals surface area contributed by atoms with E-state index in [2.05, 4.69) is 15.3 Å². The predicted molar refractivity (Wildman–Crippen MR) is 132 cm³/mol. The van der Waals surface area contributed by atoms with Crippen molar-refractivity contribution in [2.24, 2.45) is 11.7 Å². The van der Waals surface area contributed by atoms with E-state index in [-0.39, 0.29) is 34.8 Å². The van der Waals surface area contributed by atoms with Crippen molar-refractivity contribution in [3.8, 4) is 11.3 Å². The summed E-state index contributed by atoms with van der Waals surface area (Å²) >= 11 is 0. The van der Waals surface area contributed by atoms with E-state index in [1.165, 1.54) is 17.7 Å². The van der Waals surface area contributed by atoms with Crippen molar-refractivity contribution >= 4 is 12.0 Å². The van der Waals surface area contributed by atoms with Gasteiger partial charge in [-0.25, -0.2) is 13.8 Å². The molecule has 1 saturated carbocycles. The average Bonchev–Trinajstić information content (AvgIpc) is 2.86. The highest BCUT2D eigenvalue weighted by Crippen LogP contribution is 2.41. The molecule has 2 aromatic heterocycles. The van der Waals surface area contributed by atoms with E-state index in [0.717, 1.165) is 31.0 Å². The van der Waals surface area contributed by atoms with Crippen molar-refractivity contribution in [3.63, 3.8) is 0 Å². The number of pyridine rings is 2. The number of nitrogens with two attached hydrogens (primary N) is 1. The van der Waals surface area contributed by atoms with Crippen molar-refractivity contribution in [2.75, 3.05) is 12.4 Å². The first-order chi connectivity index (χ1) is 16.5. The normalized spacial score (nSPS) is 19.6. The van der Waals surface area contributed by atoms with E-state index in [9.17, 15) is 13.6 Å². The number of hydrogen-bond donors (Lipinski definition) is 2. The van der Waals surface area contributed by atoms with Crippen LogP contribution in [0.3, 0.4) is 0 Å². The zero-order valence-corrected chi connectivity index (χ0v) is 19.9. The van der Waals surface area contributed by atoms with Gasteiger partial charge in [0.25, 0.3) is 0 Å². The van der Waals surface area contributed by atoms with E-state index < -0.39 is 11.6 Å². The van der Waals surface area contributed by atoms with Crippen LogP contribution in [0, 0.1) is 17.6 Å². The highest BCUT2D eigenvalue weighted by molar-refractivity contribution is 5.75. The van der Waals surface area contributed by atoms with E-state index in [4.69, 9.17) is 5.73 Å². The third-order valence-electron chi connectivity index (χ3n) is 6.24. The molecular formula is C27H32F2N4O. The average molecular weight is 467 g/mol. The van der Waals surface area contributed by atoms with Gasteiger partial charge in [-0.3, -0.25) is 9.78 Å². The van der Waals surface area contributed by atoms with Crippen LogP contribution in [-0.2, 0) is 6.42 Å². The fourth-order valence-corrected chi connectivity index (χ4v) is 4.89. The number of nitrogens with one attached hydrogen (secondary N) is 1. The Kier molecular flexibility index (Phi) is 8.82. The summed E-state index contributed by atoms with van der Waals surface area (Å²) in [7, 11) is 1.87. The SMILES string of the molecule is CC.CNc1cnccc1C1CC(N)C[C@@H](Cc2cccc(F)c2-c2nc(C=O)ccc2F)C1. The van der Waals surface area contributed by atoms with Gasteiger partial charge in [0.2, 0.25) is 0 Å². The Morgan fingerprint density at radius 1 is 1.09 bits per heavy atom. The summed E-state index contributed by atoms with van der Waals surface area (Å²) in [6.07, 6.45) is 7.21. The number of halogens is 2. The van der Waals surface area contributed by atoms with E-state index in [0.29, 0.717) is 18.3 Å². The minimum Gasteiger partial charge on any atom is -0.387 e. The molecule has 1 aliphatic carbocycles. The maximum Gasteiger partial charge on any atom is 0.168 e. The van der Waals surface area contributed by atoms with Gasteiger partial charge in [0, 0.05) is 24.8 Å². The summed E-state index contributed by atoms with van der Waals surface area (Å²) in [6, 6.07) is 9.18. The molecule has 4 rings (SSSR count). The minimum atomic E-state index is -0.657. The Balaban J connectivity index is 0.00000158. The number of carbonyl (C=O) groups excluding carboxylic acids is 1. The molecule has 0 radical (unpaired) electrons. The van der Waals surface area contributed by atoms with Gasteiger partial charge in [0.15, 0.2) is 6.29 Å².